The van der Waals surface area contributed by atoms with E-state index in [0.717, 1.165) is 30.6 Å². The molecular formula is C14H20O3. The van der Waals surface area contributed by atoms with Crippen LogP contribution in [-0.2, 0) is 11.2 Å². The molecule has 0 heterocycles. The lowest BCUT2D eigenvalue weighted by Crippen LogP contribution is -2.15. The Kier molecular flexibility index (Phi) is 4.02. The number of aliphatic hydroxyl groups is 1. The Labute approximate surface area is 102 Å². The van der Waals surface area contributed by atoms with Crippen LogP contribution in [0.25, 0.3) is 0 Å². The van der Waals surface area contributed by atoms with Crippen molar-refractivity contribution in [2.24, 2.45) is 0 Å². The maximum atomic E-state index is 9.81. The van der Waals surface area contributed by atoms with Crippen molar-refractivity contribution in [2.75, 3.05) is 13.7 Å². The Balaban J connectivity index is 2.07. The number of hydrogen-bond acceptors (Lipinski definition) is 3. The zero-order valence-electron chi connectivity index (χ0n) is 10.5. The molecule has 2 rings (SSSR count). The molecule has 1 aromatic rings. The van der Waals surface area contributed by atoms with Gasteiger partial charge in [-0.3, -0.25) is 0 Å². The normalized spacial score (nSPS) is 20.1. The minimum Gasteiger partial charge on any atom is -0.490 e. The van der Waals surface area contributed by atoms with E-state index < -0.39 is 0 Å². The number of benzene rings is 1. The molecule has 1 aliphatic carbocycles. The van der Waals surface area contributed by atoms with Crippen molar-refractivity contribution in [3.8, 4) is 5.75 Å². The molecule has 2 atom stereocenters. The first-order chi connectivity index (χ1) is 8.22. The Hall–Kier alpha value is -1.06. The zero-order chi connectivity index (χ0) is 12.3. The fraction of sp³-hybridized carbons (Fsp3) is 0.571. The monoisotopic (exact) mass is 236 g/mol. The van der Waals surface area contributed by atoms with E-state index in [1.54, 1.807) is 7.11 Å². The lowest BCUT2D eigenvalue weighted by molar-refractivity contribution is 0.134. The lowest BCUT2D eigenvalue weighted by Gasteiger charge is -2.17. The smallest absolute Gasteiger partial charge is 0.123 e. The van der Waals surface area contributed by atoms with E-state index in [-0.39, 0.29) is 12.2 Å². The predicted molar refractivity (Wildman–Crippen MR) is 66.3 cm³/mol. The standard InChI is InChI=1S/C14H20O3/c1-10(8-9-16-2)17-14-5-3-4-11-12(14)6-7-13(11)15/h3-5,10,13,15H,6-9H2,1-2H3. The highest BCUT2D eigenvalue weighted by Gasteiger charge is 2.23. The van der Waals surface area contributed by atoms with Crippen molar-refractivity contribution in [3.63, 3.8) is 0 Å². The van der Waals surface area contributed by atoms with Crippen LogP contribution in [0.4, 0.5) is 0 Å². The van der Waals surface area contributed by atoms with Crippen LogP contribution in [0, 0.1) is 0 Å². The molecule has 0 aromatic heterocycles. The molecule has 1 aromatic carbocycles. The first-order valence-corrected chi connectivity index (χ1v) is 6.18. The number of rotatable bonds is 5. The van der Waals surface area contributed by atoms with Crippen molar-refractivity contribution in [1.82, 2.24) is 0 Å². The molecule has 3 heteroatoms. The van der Waals surface area contributed by atoms with E-state index in [2.05, 4.69) is 0 Å². The summed E-state index contributed by atoms with van der Waals surface area (Å²) in [6, 6.07) is 5.92. The molecule has 0 saturated heterocycles. The van der Waals surface area contributed by atoms with Crippen molar-refractivity contribution < 1.29 is 14.6 Å². The summed E-state index contributed by atoms with van der Waals surface area (Å²) in [5, 5.41) is 9.81. The Bertz CT molecular complexity index is 376. The highest BCUT2D eigenvalue weighted by molar-refractivity contribution is 5.44. The summed E-state index contributed by atoms with van der Waals surface area (Å²) in [6.07, 6.45) is 2.41. The molecule has 0 saturated carbocycles. The van der Waals surface area contributed by atoms with Crippen LogP contribution in [0.2, 0.25) is 0 Å². The van der Waals surface area contributed by atoms with Gasteiger partial charge >= 0.3 is 0 Å². The van der Waals surface area contributed by atoms with Crippen molar-refractivity contribution in [3.05, 3.63) is 29.3 Å². The molecule has 94 valence electrons. The van der Waals surface area contributed by atoms with E-state index in [1.807, 2.05) is 25.1 Å². The van der Waals surface area contributed by atoms with Gasteiger partial charge in [-0.1, -0.05) is 12.1 Å². The SMILES string of the molecule is COCCC(C)Oc1cccc2c1CCC2O. The minimum atomic E-state index is -0.317. The topological polar surface area (TPSA) is 38.7 Å². The van der Waals surface area contributed by atoms with Gasteiger partial charge in [-0.2, -0.15) is 0 Å². The third kappa shape index (κ3) is 2.79. The molecular weight excluding hydrogens is 216 g/mol. The molecule has 0 bridgehead atoms. The fourth-order valence-electron chi connectivity index (χ4n) is 2.27. The predicted octanol–water partition coefficient (Wildman–Crippen LogP) is 2.47. The summed E-state index contributed by atoms with van der Waals surface area (Å²) < 4.78 is 11.0. The quantitative estimate of drug-likeness (QED) is 0.853. The largest absolute Gasteiger partial charge is 0.490 e. The first-order valence-electron chi connectivity index (χ1n) is 6.18. The molecule has 0 aliphatic heterocycles. The van der Waals surface area contributed by atoms with Crippen LogP contribution in [0.1, 0.15) is 37.0 Å². The molecule has 0 amide bonds. The zero-order valence-corrected chi connectivity index (χ0v) is 10.5. The second kappa shape index (κ2) is 5.52. The van der Waals surface area contributed by atoms with E-state index in [1.165, 1.54) is 5.56 Å². The molecule has 1 N–H and O–H groups in total. The number of hydrogen-bond donors (Lipinski definition) is 1. The number of methoxy groups -OCH3 is 1. The van der Waals surface area contributed by atoms with Crippen LogP contribution in [-0.4, -0.2) is 24.9 Å². The van der Waals surface area contributed by atoms with E-state index in [4.69, 9.17) is 9.47 Å². The minimum absolute atomic E-state index is 0.138. The van der Waals surface area contributed by atoms with Crippen molar-refractivity contribution >= 4 is 0 Å². The van der Waals surface area contributed by atoms with Gasteiger partial charge in [0.1, 0.15) is 5.75 Å². The van der Waals surface area contributed by atoms with Crippen molar-refractivity contribution in [2.45, 2.75) is 38.4 Å². The van der Waals surface area contributed by atoms with Gasteiger partial charge in [-0.05, 0) is 31.4 Å². The van der Waals surface area contributed by atoms with E-state index in [0.29, 0.717) is 6.61 Å². The fourth-order valence-corrected chi connectivity index (χ4v) is 2.27. The van der Waals surface area contributed by atoms with Gasteiger partial charge in [0.2, 0.25) is 0 Å². The van der Waals surface area contributed by atoms with Gasteiger partial charge in [-0.25, -0.2) is 0 Å². The Morgan fingerprint density at radius 2 is 2.29 bits per heavy atom. The first kappa shape index (κ1) is 12.4. The molecule has 1 aliphatic rings. The summed E-state index contributed by atoms with van der Waals surface area (Å²) in [6.45, 7) is 2.75. The van der Waals surface area contributed by atoms with Gasteiger partial charge in [0, 0.05) is 25.7 Å². The van der Waals surface area contributed by atoms with Crippen LogP contribution >= 0.6 is 0 Å². The third-order valence-corrected chi connectivity index (χ3v) is 3.25. The summed E-state index contributed by atoms with van der Waals surface area (Å²) >= 11 is 0. The van der Waals surface area contributed by atoms with Gasteiger partial charge in [0.25, 0.3) is 0 Å². The number of fused-ring (bicyclic) bond motifs is 1. The maximum Gasteiger partial charge on any atom is 0.123 e. The second-order valence-corrected chi connectivity index (χ2v) is 4.59. The number of aliphatic hydroxyl groups excluding tert-OH is 1. The van der Waals surface area contributed by atoms with Crippen molar-refractivity contribution in [1.29, 1.82) is 0 Å². The molecule has 17 heavy (non-hydrogen) atoms. The molecule has 0 radical (unpaired) electrons. The van der Waals surface area contributed by atoms with Gasteiger partial charge < -0.3 is 14.6 Å². The molecule has 0 spiro atoms. The van der Waals surface area contributed by atoms with Crippen LogP contribution in [0.15, 0.2) is 18.2 Å². The van der Waals surface area contributed by atoms with E-state index in [9.17, 15) is 5.11 Å². The second-order valence-electron chi connectivity index (χ2n) is 4.59. The summed E-state index contributed by atoms with van der Waals surface area (Å²) in [5.41, 5.74) is 2.20. The summed E-state index contributed by atoms with van der Waals surface area (Å²) in [7, 11) is 1.70. The van der Waals surface area contributed by atoms with Crippen LogP contribution in [0.5, 0.6) is 5.75 Å². The molecule has 2 unspecified atom stereocenters. The highest BCUT2D eigenvalue weighted by Crippen LogP contribution is 2.37. The average molecular weight is 236 g/mol. The number of ether oxygens (including phenoxy) is 2. The third-order valence-electron chi connectivity index (χ3n) is 3.25. The Morgan fingerprint density at radius 1 is 1.47 bits per heavy atom. The van der Waals surface area contributed by atoms with Gasteiger partial charge in [0.05, 0.1) is 12.2 Å². The van der Waals surface area contributed by atoms with Crippen LogP contribution in [0.3, 0.4) is 0 Å². The maximum absolute atomic E-state index is 9.81. The summed E-state index contributed by atoms with van der Waals surface area (Å²) in [5.74, 6) is 0.919. The van der Waals surface area contributed by atoms with E-state index >= 15 is 0 Å². The lowest BCUT2D eigenvalue weighted by atomic mass is 10.1. The average Bonchev–Trinajstić information content (AvgIpc) is 2.70. The highest BCUT2D eigenvalue weighted by atomic mass is 16.5. The Morgan fingerprint density at radius 3 is 3.06 bits per heavy atom. The molecule has 0 fully saturated rings. The van der Waals surface area contributed by atoms with Gasteiger partial charge in [-0.15, -0.1) is 0 Å². The summed E-state index contributed by atoms with van der Waals surface area (Å²) in [4.78, 5) is 0. The molecule has 3 nitrogen and oxygen atoms in total. The van der Waals surface area contributed by atoms with Gasteiger partial charge in [0.15, 0.2) is 0 Å². The van der Waals surface area contributed by atoms with Crippen LogP contribution < -0.4 is 4.74 Å².